The van der Waals surface area contributed by atoms with Crippen molar-refractivity contribution in [2.45, 2.75) is 43.3 Å². The Labute approximate surface area is 278 Å². The minimum atomic E-state index is -0.610. The Morgan fingerprint density at radius 1 is 0.574 bits per heavy atom. The molecule has 0 amide bonds. The number of hydrogen-bond donors (Lipinski definition) is 0. The van der Waals surface area contributed by atoms with Crippen molar-refractivity contribution in [2.75, 3.05) is 26.4 Å². The maximum atomic E-state index is 6.49. The fraction of sp³-hybridized carbons (Fsp3) is 0.256. The fourth-order valence-electron chi connectivity index (χ4n) is 7.25. The molecule has 0 saturated carbocycles. The molecule has 238 valence electrons. The molecule has 2 fully saturated rings. The van der Waals surface area contributed by atoms with Gasteiger partial charge in [0.1, 0.15) is 36.9 Å². The first-order valence-electron chi connectivity index (χ1n) is 16.6. The van der Waals surface area contributed by atoms with Gasteiger partial charge in [-0.2, -0.15) is 0 Å². The van der Waals surface area contributed by atoms with Crippen molar-refractivity contribution in [3.8, 4) is 22.6 Å². The van der Waals surface area contributed by atoms with Gasteiger partial charge in [0.15, 0.2) is 0 Å². The summed E-state index contributed by atoms with van der Waals surface area (Å²) in [6.45, 7) is 19.0. The number of rotatable bonds is 16. The summed E-state index contributed by atoms with van der Waals surface area (Å²) in [5.74, 6) is 1.81. The molecule has 0 N–H and O–H groups in total. The van der Waals surface area contributed by atoms with Gasteiger partial charge in [0.05, 0.1) is 18.6 Å². The standard InChI is InChI=1S/C43H42O4/c1-5-13-29-21-33(22-30(14-6-2)41(29)46-27-35-25-44-35)43(39-19-11-9-17-37(39)38-18-10-12-20-40(38)43)34-23-31(15-7-3)42(32(24-34)16-8-4)47-28-36-26-45-36/h5-12,17-24,35-36H,1-4,13-16,25-28H2/t35-,36?/m0/s1. The Morgan fingerprint density at radius 3 is 1.23 bits per heavy atom. The zero-order chi connectivity index (χ0) is 32.4. The molecule has 4 nitrogen and oxygen atoms in total. The summed E-state index contributed by atoms with van der Waals surface area (Å²) >= 11 is 0. The van der Waals surface area contributed by atoms with Gasteiger partial charge < -0.3 is 18.9 Å². The van der Waals surface area contributed by atoms with Crippen LogP contribution >= 0.6 is 0 Å². The first kappa shape index (κ1) is 31.0. The van der Waals surface area contributed by atoms with Gasteiger partial charge in [-0.3, -0.25) is 0 Å². The van der Waals surface area contributed by atoms with Crippen LogP contribution in [-0.4, -0.2) is 38.6 Å². The summed E-state index contributed by atoms with van der Waals surface area (Å²) in [6, 6.07) is 27.0. The molecule has 2 atom stereocenters. The molecule has 2 heterocycles. The van der Waals surface area contributed by atoms with Crippen LogP contribution in [0.25, 0.3) is 11.1 Å². The van der Waals surface area contributed by atoms with Gasteiger partial charge in [-0.1, -0.05) is 97.1 Å². The van der Waals surface area contributed by atoms with E-state index in [0.717, 1.165) is 47.0 Å². The molecule has 0 bridgehead atoms. The number of epoxide rings is 2. The zero-order valence-electron chi connectivity index (χ0n) is 27.0. The smallest absolute Gasteiger partial charge is 0.126 e. The SMILES string of the molecule is C=CCc1cc(C2(c3cc(CC=C)c(OC[C@@H]4CO4)c(CC=C)c3)c3ccccc3-c3ccccc32)cc(CC=C)c1OCC1CO1. The molecule has 4 aromatic rings. The Kier molecular flexibility index (Phi) is 8.72. The van der Waals surface area contributed by atoms with Crippen molar-refractivity contribution in [3.63, 3.8) is 0 Å². The minimum absolute atomic E-state index is 0.154. The van der Waals surface area contributed by atoms with E-state index in [9.17, 15) is 0 Å². The van der Waals surface area contributed by atoms with E-state index < -0.39 is 5.41 Å². The molecule has 1 aliphatic carbocycles. The third kappa shape index (κ3) is 5.77. The molecule has 0 radical (unpaired) electrons. The molecule has 4 heteroatoms. The summed E-state index contributed by atoms with van der Waals surface area (Å²) in [6.07, 6.45) is 10.9. The quantitative estimate of drug-likeness (QED) is 0.0818. The van der Waals surface area contributed by atoms with Crippen LogP contribution in [-0.2, 0) is 40.6 Å². The first-order chi connectivity index (χ1) is 23.1. The van der Waals surface area contributed by atoms with E-state index in [-0.39, 0.29) is 12.2 Å². The molecule has 2 saturated heterocycles. The minimum Gasteiger partial charge on any atom is -0.490 e. The van der Waals surface area contributed by atoms with Crippen molar-refractivity contribution in [1.82, 2.24) is 0 Å². The number of benzene rings is 4. The van der Waals surface area contributed by atoms with E-state index >= 15 is 0 Å². The van der Waals surface area contributed by atoms with Crippen molar-refractivity contribution < 1.29 is 18.9 Å². The van der Waals surface area contributed by atoms with Crippen LogP contribution in [0.5, 0.6) is 11.5 Å². The monoisotopic (exact) mass is 622 g/mol. The van der Waals surface area contributed by atoms with Gasteiger partial charge in [0, 0.05) is 0 Å². The number of hydrogen-bond acceptors (Lipinski definition) is 4. The third-order valence-electron chi connectivity index (χ3n) is 9.39. The number of allylic oxidation sites excluding steroid dienone is 4. The highest BCUT2D eigenvalue weighted by Gasteiger charge is 2.47. The van der Waals surface area contributed by atoms with Crippen molar-refractivity contribution in [3.05, 3.63) is 168 Å². The summed E-state index contributed by atoms with van der Waals surface area (Å²) in [4.78, 5) is 0. The number of fused-ring (bicyclic) bond motifs is 3. The van der Waals surface area contributed by atoms with Gasteiger partial charge in [-0.15, -0.1) is 26.3 Å². The van der Waals surface area contributed by atoms with Crippen molar-refractivity contribution in [1.29, 1.82) is 0 Å². The van der Waals surface area contributed by atoms with Gasteiger partial charge >= 0.3 is 0 Å². The van der Waals surface area contributed by atoms with E-state index in [4.69, 9.17) is 18.9 Å². The highest BCUT2D eigenvalue weighted by atomic mass is 16.6. The average molecular weight is 623 g/mol. The van der Waals surface area contributed by atoms with Gasteiger partial charge in [-0.05, 0) is 81.3 Å². The Balaban J connectivity index is 1.54. The second-order valence-electron chi connectivity index (χ2n) is 12.6. The predicted octanol–water partition coefficient (Wildman–Crippen LogP) is 8.52. The van der Waals surface area contributed by atoms with Crippen LogP contribution in [0.2, 0.25) is 0 Å². The summed E-state index contributed by atoms with van der Waals surface area (Å²) in [5.41, 5.74) is 11.2. The van der Waals surface area contributed by atoms with Gasteiger partial charge in [0.2, 0.25) is 0 Å². The Morgan fingerprint density at radius 2 is 0.915 bits per heavy atom. The maximum Gasteiger partial charge on any atom is 0.126 e. The van der Waals surface area contributed by atoms with Crippen molar-refractivity contribution >= 4 is 0 Å². The van der Waals surface area contributed by atoms with Crippen LogP contribution < -0.4 is 9.47 Å². The molecular formula is C43H42O4. The fourth-order valence-corrected chi connectivity index (χ4v) is 7.25. The molecule has 4 aromatic carbocycles. The summed E-state index contributed by atoms with van der Waals surface area (Å²) < 4.78 is 24.0. The van der Waals surface area contributed by atoms with Crippen LogP contribution in [0.4, 0.5) is 0 Å². The molecule has 0 spiro atoms. The molecular weight excluding hydrogens is 580 g/mol. The topological polar surface area (TPSA) is 43.5 Å². The van der Waals surface area contributed by atoms with E-state index in [1.54, 1.807) is 0 Å². The molecule has 47 heavy (non-hydrogen) atoms. The molecule has 3 aliphatic rings. The number of ether oxygens (including phenoxy) is 4. The van der Waals surface area contributed by atoms with Crippen molar-refractivity contribution in [2.24, 2.45) is 0 Å². The highest BCUT2D eigenvalue weighted by molar-refractivity contribution is 5.86. The maximum absolute atomic E-state index is 6.49. The molecule has 2 aliphatic heterocycles. The zero-order valence-corrected chi connectivity index (χ0v) is 27.0. The van der Waals surface area contributed by atoms with Gasteiger partial charge in [0.25, 0.3) is 0 Å². The second kappa shape index (κ2) is 13.2. The average Bonchev–Trinajstić information content (AvgIpc) is 4.03. The second-order valence-corrected chi connectivity index (χ2v) is 12.6. The van der Waals surface area contributed by atoms with Crippen LogP contribution in [0.3, 0.4) is 0 Å². The highest BCUT2D eigenvalue weighted by Crippen LogP contribution is 2.57. The predicted molar refractivity (Wildman–Crippen MR) is 190 cm³/mol. The normalized spacial score (nSPS) is 18.0. The van der Waals surface area contributed by atoms with E-state index in [0.29, 0.717) is 38.9 Å². The Bertz CT molecular complexity index is 1640. The lowest BCUT2D eigenvalue weighted by Crippen LogP contribution is -2.30. The lowest BCUT2D eigenvalue weighted by molar-refractivity contribution is 0.259. The molecule has 7 rings (SSSR count). The molecule has 1 unspecified atom stereocenters. The summed E-state index contributed by atoms with van der Waals surface area (Å²) in [7, 11) is 0. The summed E-state index contributed by atoms with van der Waals surface area (Å²) in [5, 5.41) is 0. The van der Waals surface area contributed by atoms with E-state index in [1.165, 1.54) is 33.4 Å². The Hall–Kier alpha value is -4.64. The molecule has 0 aromatic heterocycles. The van der Waals surface area contributed by atoms with Crippen LogP contribution in [0, 0.1) is 0 Å². The lowest BCUT2D eigenvalue weighted by atomic mass is 9.66. The van der Waals surface area contributed by atoms with Crippen LogP contribution in [0.1, 0.15) is 44.5 Å². The van der Waals surface area contributed by atoms with E-state index in [2.05, 4.69) is 99.1 Å². The third-order valence-corrected chi connectivity index (χ3v) is 9.39. The largest absolute Gasteiger partial charge is 0.490 e. The first-order valence-corrected chi connectivity index (χ1v) is 16.6. The lowest BCUT2D eigenvalue weighted by Gasteiger charge is -2.36. The van der Waals surface area contributed by atoms with Crippen LogP contribution in [0.15, 0.2) is 123 Å². The van der Waals surface area contributed by atoms with E-state index in [1.807, 2.05) is 24.3 Å². The van der Waals surface area contributed by atoms with Gasteiger partial charge in [-0.25, -0.2) is 0 Å².